The smallest absolute Gasteiger partial charge is 0.328 e. The second-order valence-electron chi connectivity index (χ2n) is 2.96. The molecule has 0 atom stereocenters. The van der Waals surface area contributed by atoms with E-state index in [0.29, 0.717) is 0 Å². The van der Waals surface area contributed by atoms with Gasteiger partial charge in [-0.25, -0.2) is 4.79 Å². The Balaban J connectivity index is 0.000000557. The van der Waals surface area contributed by atoms with E-state index in [1.807, 2.05) is 0 Å². The number of carboxylic acid groups (broad SMARTS) is 1. The van der Waals surface area contributed by atoms with Crippen LogP contribution in [0.3, 0.4) is 0 Å². The number of benzene rings is 1. The summed E-state index contributed by atoms with van der Waals surface area (Å²) >= 11 is 4.09. The first kappa shape index (κ1) is 15.1. The summed E-state index contributed by atoms with van der Waals surface area (Å²) in [5, 5.41) is 16.2. The van der Waals surface area contributed by atoms with Gasteiger partial charge in [0.15, 0.2) is 5.05 Å². The van der Waals surface area contributed by atoms with Crippen LogP contribution in [-0.4, -0.2) is 28.3 Å². The Kier molecular flexibility index (Phi) is 7.38. The van der Waals surface area contributed by atoms with E-state index in [1.165, 1.54) is 13.0 Å². The van der Waals surface area contributed by atoms with Gasteiger partial charge in [0, 0.05) is 13.0 Å². The molecular weight excluding hydrogens is 240 g/mol. The maximum atomic E-state index is 10.2. The molecule has 4 nitrogen and oxygen atoms in total. The molecule has 0 spiro atoms. The molecule has 1 rings (SSSR count). The fraction of sp³-hybridized carbons (Fsp3) is 0.167. The normalized spacial score (nSPS) is 9.29. The molecule has 5 heteroatoms. The summed E-state index contributed by atoms with van der Waals surface area (Å²) < 4.78 is 4.95. The molecule has 0 aliphatic carbocycles. The molecule has 0 heterocycles. The highest BCUT2D eigenvalue weighted by molar-refractivity contribution is 7.79. The number of thiocarbonyl (C=S) groups is 1. The van der Waals surface area contributed by atoms with Crippen molar-refractivity contribution in [1.82, 2.24) is 0 Å². The van der Waals surface area contributed by atoms with E-state index < -0.39 is 5.97 Å². The quantitative estimate of drug-likeness (QED) is 0.641. The van der Waals surface area contributed by atoms with Gasteiger partial charge >= 0.3 is 5.97 Å². The third-order valence-corrected chi connectivity index (χ3v) is 1.53. The molecule has 92 valence electrons. The van der Waals surface area contributed by atoms with Gasteiger partial charge in [-0.1, -0.05) is 12.1 Å². The van der Waals surface area contributed by atoms with Crippen molar-refractivity contribution >= 4 is 29.3 Å². The Hall–Kier alpha value is -1.88. The average molecular weight is 254 g/mol. The molecule has 0 aliphatic rings. The molecule has 0 fully saturated rings. The molecular formula is C12H14O4S. The van der Waals surface area contributed by atoms with Gasteiger partial charge in [-0.3, -0.25) is 0 Å². The number of aliphatic carboxylic acids is 1. The summed E-state index contributed by atoms with van der Waals surface area (Å²) in [7, 11) is 1.59. The van der Waals surface area contributed by atoms with Crippen LogP contribution in [-0.2, 0) is 4.79 Å². The molecule has 1 aromatic carbocycles. The van der Waals surface area contributed by atoms with Crippen molar-refractivity contribution < 1.29 is 19.7 Å². The van der Waals surface area contributed by atoms with Gasteiger partial charge in [0.2, 0.25) is 0 Å². The van der Waals surface area contributed by atoms with Gasteiger partial charge in [-0.2, -0.15) is 0 Å². The van der Waals surface area contributed by atoms with Gasteiger partial charge < -0.3 is 14.9 Å². The fourth-order valence-electron chi connectivity index (χ4n) is 0.883. The van der Waals surface area contributed by atoms with Crippen molar-refractivity contribution in [2.24, 2.45) is 0 Å². The van der Waals surface area contributed by atoms with Crippen molar-refractivity contribution in [1.29, 1.82) is 0 Å². The molecule has 17 heavy (non-hydrogen) atoms. The molecule has 0 saturated carbocycles. The predicted molar refractivity (Wildman–Crippen MR) is 70.6 cm³/mol. The van der Waals surface area contributed by atoms with Crippen LogP contribution in [0.5, 0.6) is 5.75 Å². The first-order valence-corrected chi connectivity index (χ1v) is 5.11. The minimum Gasteiger partial charge on any atom is -0.502 e. The zero-order valence-electron chi connectivity index (χ0n) is 9.58. The lowest BCUT2D eigenvalue weighted by Gasteiger charge is -1.98. The van der Waals surface area contributed by atoms with Gasteiger partial charge in [0.05, 0.1) is 7.11 Å². The summed E-state index contributed by atoms with van der Waals surface area (Å²) in [5.74, 6) is -0.191. The highest BCUT2D eigenvalue weighted by Crippen LogP contribution is 2.11. The molecule has 2 N–H and O–H groups in total. The Morgan fingerprint density at radius 3 is 2.12 bits per heavy atom. The van der Waals surface area contributed by atoms with Crippen LogP contribution < -0.4 is 4.74 Å². The molecule has 0 aliphatic heterocycles. The molecule has 1 aromatic rings. The van der Waals surface area contributed by atoms with E-state index in [2.05, 4.69) is 12.2 Å². The van der Waals surface area contributed by atoms with Crippen molar-refractivity contribution in [3.63, 3.8) is 0 Å². The van der Waals surface area contributed by atoms with Crippen LogP contribution in [0.15, 0.2) is 30.3 Å². The molecule has 0 saturated heterocycles. The lowest BCUT2D eigenvalue weighted by atomic mass is 10.2. The third-order valence-electron chi connectivity index (χ3n) is 1.53. The molecule has 0 unspecified atom stereocenters. The highest BCUT2D eigenvalue weighted by Gasteiger charge is 1.91. The fourth-order valence-corrected chi connectivity index (χ4v) is 0.883. The molecule has 0 amide bonds. The number of hydrogen-bond donors (Lipinski definition) is 2. The van der Waals surface area contributed by atoms with E-state index in [0.717, 1.165) is 17.4 Å². The number of hydrogen-bond acceptors (Lipinski definition) is 3. The number of aliphatic hydroxyl groups is 1. The molecule has 0 bridgehead atoms. The summed E-state index contributed by atoms with van der Waals surface area (Å²) in [6.07, 6.45) is 2.63. The largest absolute Gasteiger partial charge is 0.502 e. The highest BCUT2D eigenvalue weighted by atomic mass is 32.1. The maximum absolute atomic E-state index is 10.2. The summed E-state index contributed by atoms with van der Waals surface area (Å²) in [5.41, 5.74) is 0.836. The van der Waals surface area contributed by atoms with Gasteiger partial charge in [0.25, 0.3) is 0 Å². The van der Waals surface area contributed by atoms with E-state index in [9.17, 15) is 4.79 Å². The van der Waals surface area contributed by atoms with Crippen LogP contribution in [0.1, 0.15) is 12.5 Å². The minimum atomic E-state index is -0.948. The van der Waals surface area contributed by atoms with Crippen molar-refractivity contribution in [3.05, 3.63) is 35.9 Å². The second kappa shape index (κ2) is 8.29. The monoisotopic (exact) mass is 254 g/mol. The van der Waals surface area contributed by atoms with Crippen LogP contribution in [0.2, 0.25) is 0 Å². The van der Waals surface area contributed by atoms with Gasteiger partial charge in [0.1, 0.15) is 5.75 Å². The number of rotatable bonds is 3. The third kappa shape index (κ3) is 9.07. The number of methoxy groups -OCH3 is 1. The Morgan fingerprint density at radius 1 is 1.29 bits per heavy atom. The lowest BCUT2D eigenvalue weighted by Crippen LogP contribution is -1.86. The summed E-state index contributed by atoms with van der Waals surface area (Å²) in [4.78, 5) is 10.2. The number of ether oxygens (including phenoxy) is 1. The van der Waals surface area contributed by atoms with Gasteiger partial charge in [-0.15, -0.1) is 0 Å². The number of carbonyl (C=O) groups is 1. The van der Waals surface area contributed by atoms with Crippen molar-refractivity contribution in [2.45, 2.75) is 6.92 Å². The van der Waals surface area contributed by atoms with Crippen LogP contribution in [0.25, 0.3) is 6.08 Å². The first-order chi connectivity index (χ1) is 7.95. The standard InChI is InChI=1S/C10H10O3.C2H4OS/c1-13-9-5-2-8(3-6-9)4-7-10(11)12;1-2(3)4/h2-7H,1H3,(H,11,12);1H3,(H,3,4). The minimum absolute atomic E-state index is 0.000000000000000222. The van der Waals surface area contributed by atoms with Crippen LogP contribution in [0.4, 0.5) is 0 Å². The zero-order valence-corrected chi connectivity index (χ0v) is 10.4. The van der Waals surface area contributed by atoms with E-state index >= 15 is 0 Å². The topological polar surface area (TPSA) is 66.8 Å². The summed E-state index contributed by atoms with van der Waals surface area (Å²) in [6.45, 7) is 1.45. The first-order valence-electron chi connectivity index (χ1n) is 4.70. The molecule has 0 aromatic heterocycles. The number of carboxylic acids is 1. The predicted octanol–water partition coefficient (Wildman–Crippen LogP) is 2.68. The SMILES string of the molecule is CC(O)=S.COc1ccc(C=CC(=O)O)cc1. The van der Waals surface area contributed by atoms with E-state index in [-0.39, 0.29) is 5.05 Å². The molecule has 0 radical (unpaired) electrons. The van der Waals surface area contributed by atoms with E-state index in [4.69, 9.17) is 14.9 Å². The van der Waals surface area contributed by atoms with E-state index in [1.54, 1.807) is 31.4 Å². The second-order valence-corrected chi connectivity index (χ2v) is 3.55. The number of aliphatic hydroxyl groups excluding tert-OH is 1. The zero-order chi connectivity index (χ0) is 13.3. The Morgan fingerprint density at radius 2 is 1.76 bits per heavy atom. The Labute approximate surface area is 105 Å². The van der Waals surface area contributed by atoms with Gasteiger partial charge in [-0.05, 0) is 36.0 Å². The maximum Gasteiger partial charge on any atom is 0.328 e. The summed E-state index contributed by atoms with van der Waals surface area (Å²) in [6, 6.07) is 7.14. The van der Waals surface area contributed by atoms with Crippen LogP contribution in [0, 0.1) is 0 Å². The average Bonchev–Trinajstić information content (AvgIpc) is 2.26. The lowest BCUT2D eigenvalue weighted by molar-refractivity contribution is -0.131. The van der Waals surface area contributed by atoms with Crippen molar-refractivity contribution in [2.75, 3.05) is 7.11 Å². The van der Waals surface area contributed by atoms with Crippen molar-refractivity contribution in [3.8, 4) is 5.75 Å². The van der Waals surface area contributed by atoms with Crippen LogP contribution >= 0.6 is 12.2 Å². The Bertz CT molecular complexity index is 391.